The van der Waals surface area contributed by atoms with Gasteiger partial charge in [-0.1, -0.05) is 6.08 Å². The zero-order valence-electron chi connectivity index (χ0n) is 5.45. The van der Waals surface area contributed by atoms with Crippen molar-refractivity contribution < 1.29 is 4.42 Å². The Bertz CT molecular complexity index is 241. The van der Waals surface area contributed by atoms with Gasteiger partial charge in [0, 0.05) is 12.5 Å². The topological polar surface area (TPSA) is 36.9 Å². The van der Waals surface area contributed by atoms with Crippen molar-refractivity contribution in [1.29, 1.82) is 5.26 Å². The molecule has 0 aliphatic heterocycles. The molecule has 0 radical (unpaired) electrons. The van der Waals surface area contributed by atoms with E-state index in [0.29, 0.717) is 6.42 Å². The van der Waals surface area contributed by atoms with Crippen LogP contribution in [0.4, 0.5) is 0 Å². The fraction of sp³-hybridized carbons (Fsp3) is 0.125. The lowest BCUT2D eigenvalue weighted by atomic mass is 10.3. The summed E-state index contributed by atoms with van der Waals surface area (Å²) in [7, 11) is 0. The first-order valence-corrected chi connectivity index (χ1v) is 3.00. The van der Waals surface area contributed by atoms with Crippen molar-refractivity contribution in [1.82, 2.24) is 0 Å². The molecule has 0 spiro atoms. The number of nitrogens with zero attached hydrogens (tertiary/aromatic N) is 1. The van der Waals surface area contributed by atoms with E-state index < -0.39 is 0 Å². The molecule has 0 amide bonds. The van der Waals surface area contributed by atoms with Crippen LogP contribution in [0.1, 0.15) is 5.76 Å². The van der Waals surface area contributed by atoms with Gasteiger partial charge in [0.2, 0.25) is 0 Å². The molecule has 0 saturated carbocycles. The summed E-state index contributed by atoms with van der Waals surface area (Å²) < 4.78 is 5.02. The van der Waals surface area contributed by atoms with Crippen molar-refractivity contribution in [2.45, 2.75) is 6.42 Å². The Labute approximate surface area is 59.4 Å². The molecule has 0 bridgehead atoms. The van der Waals surface area contributed by atoms with Crippen molar-refractivity contribution in [3.63, 3.8) is 0 Å². The number of furan rings is 1. The van der Waals surface area contributed by atoms with Crippen LogP contribution in [0, 0.1) is 11.3 Å². The highest BCUT2D eigenvalue weighted by Crippen LogP contribution is 2.00. The van der Waals surface area contributed by atoms with Crippen molar-refractivity contribution in [3.05, 3.63) is 36.3 Å². The lowest BCUT2D eigenvalue weighted by Crippen LogP contribution is -1.71. The highest BCUT2D eigenvalue weighted by molar-refractivity contribution is 5.08. The van der Waals surface area contributed by atoms with Crippen LogP contribution in [0.3, 0.4) is 0 Å². The van der Waals surface area contributed by atoms with Gasteiger partial charge in [0.1, 0.15) is 5.76 Å². The summed E-state index contributed by atoms with van der Waals surface area (Å²) in [6.45, 7) is 0. The smallest absolute Gasteiger partial charge is 0.107 e. The Hall–Kier alpha value is -1.49. The van der Waals surface area contributed by atoms with Gasteiger partial charge >= 0.3 is 0 Å². The molecule has 0 aliphatic carbocycles. The first-order valence-electron chi connectivity index (χ1n) is 3.00. The van der Waals surface area contributed by atoms with E-state index in [4.69, 9.17) is 9.68 Å². The molecule has 2 nitrogen and oxygen atoms in total. The zero-order valence-corrected chi connectivity index (χ0v) is 5.45. The van der Waals surface area contributed by atoms with Crippen LogP contribution in [0.5, 0.6) is 0 Å². The van der Waals surface area contributed by atoms with Gasteiger partial charge in [-0.15, -0.1) is 0 Å². The van der Waals surface area contributed by atoms with E-state index in [1.807, 2.05) is 18.2 Å². The molecule has 0 atom stereocenters. The summed E-state index contributed by atoms with van der Waals surface area (Å²) in [5.74, 6) is 0.881. The molecule has 0 saturated heterocycles. The van der Waals surface area contributed by atoms with E-state index in [1.54, 1.807) is 12.3 Å². The second-order valence-electron chi connectivity index (χ2n) is 1.81. The van der Waals surface area contributed by atoms with Crippen molar-refractivity contribution in [3.8, 4) is 6.07 Å². The van der Waals surface area contributed by atoms with Crippen LogP contribution in [0.15, 0.2) is 35.0 Å². The molecule has 0 fully saturated rings. The fourth-order valence-electron chi connectivity index (χ4n) is 0.657. The maximum atomic E-state index is 8.13. The molecule has 1 aromatic rings. The van der Waals surface area contributed by atoms with Gasteiger partial charge in [0.05, 0.1) is 12.3 Å². The molecular formula is C8H7NO. The second-order valence-corrected chi connectivity index (χ2v) is 1.81. The Kier molecular flexibility index (Phi) is 2.33. The van der Waals surface area contributed by atoms with Gasteiger partial charge in [0.25, 0.3) is 0 Å². The normalized spacial score (nSPS) is 9.90. The van der Waals surface area contributed by atoms with Gasteiger partial charge in [-0.25, -0.2) is 0 Å². The predicted octanol–water partition coefficient (Wildman–Crippen LogP) is 1.90. The summed E-state index contributed by atoms with van der Waals surface area (Å²) in [5.41, 5.74) is 0. The van der Waals surface area contributed by atoms with Gasteiger partial charge in [-0.2, -0.15) is 5.26 Å². The van der Waals surface area contributed by atoms with E-state index >= 15 is 0 Å². The molecule has 2 heteroatoms. The van der Waals surface area contributed by atoms with Crippen molar-refractivity contribution in [2.24, 2.45) is 0 Å². The Morgan fingerprint density at radius 1 is 1.70 bits per heavy atom. The molecule has 0 aromatic carbocycles. The first kappa shape index (κ1) is 6.63. The van der Waals surface area contributed by atoms with Crippen LogP contribution < -0.4 is 0 Å². The quantitative estimate of drug-likeness (QED) is 0.578. The van der Waals surface area contributed by atoms with E-state index in [-0.39, 0.29) is 0 Å². The van der Waals surface area contributed by atoms with E-state index in [9.17, 15) is 0 Å². The summed E-state index contributed by atoms with van der Waals surface area (Å²) in [6.07, 6.45) is 5.53. The minimum atomic E-state index is 0.695. The maximum Gasteiger partial charge on any atom is 0.107 e. The average molecular weight is 133 g/mol. The number of rotatable bonds is 2. The second kappa shape index (κ2) is 3.52. The summed E-state index contributed by atoms with van der Waals surface area (Å²) >= 11 is 0. The van der Waals surface area contributed by atoms with Gasteiger partial charge < -0.3 is 4.42 Å². The minimum Gasteiger partial charge on any atom is -0.469 e. The summed E-state index contributed by atoms with van der Waals surface area (Å²) in [4.78, 5) is 0. The van der Waals surface area contributed by atoms with Crippen LogP contribution in [-0.4, -0.2) is 0 Å². The lowest BCUT2D eigenvalue weighted by molar-refractivity contribution is 0.523. The Morgan fingerprint density at radius 2 is 2.60 bits per heavy atom. The van der Waals surface area contributed by atoms with Crippen LogP contribution in [0.25, 0.3) is 0 Å². The van der Waals surface area contributed by atoms with Crippen LogP contribution >= 0.6 is 0 Å². The molecule has 10 heavy (non-hydrogen) atoms. The monoisotopic (exact) mass is 133 g/mol. The number of allylic oxidation sites excluding steroid dienone is 2. The van der Waals surface area contributed by atoms with Crippen molar-refractivity contribution in [2.75, 3.05) is 0 Å². The third-order valence-electron chi connectivity index (χ3n) is 1.09. The number of hydrogen-bond donors (Lipinski definition) is 0. The summed E-state index contributed by atoms with van der Waals surface area (Å²) in [6, 6.07) is 5.61. The van der Waals surface area contributed by atoms with Gasteiger partial charge in [-0.05, 0) is 12.1 Å². The average Bonchev–Trinajstić information content (AvgIpc) is 2.41. The van der Waals surface area contributed by atoms with E-state index in [2.05, 4.69) is 0 Å². The molecule has 0 N–H and O–H groups in total. The molecule has 0 unspecified atom stereocenters. The lowest BCUT2D eigenvalue weighted by Gasteiger charge is -1.83. The standard InChI is InChI=1S/C8H7NO/c9-6-2-1-4-8-5-3-7-10-8/h1-3,5,7H,4H2/b2-1+. The van der Waals surface area contributed by atoms with Crippen LogP contribution in [-0.2, 0) is 6.42 Å². The molecular weight excluding hydrogens is 126 g/mol. The highest BCUT2D eigenvalue weighted by Gasteiger charge is 1.88. The molecule has 1 aromatic heterocycles. The maximum absolute atomic E-state index is 8.13. The fourth-order valence-corrected chi connectivity index (χ4v) is 0.657. The summed E-state index contributed by atoms with van der Waals surface area (Å²) in [5, 5.41) is 8.13. The largest absolute Gasteiger partial charge is 0.469 e. The molecule has 1 heterocycles. The predicted molar refractivity (Wildman–Crippen MR) is 37.2 cm³/mol. The van der Waals surface area contributed by atoms with Crippen molar-refractivity contribution >= 4 is 0 Å². The third-order valence-corrected chi connectivity index (χ3v) is 1.09. The number of hydrogen-bond acceptors (Lipinski definition) is 2. The Balaban J connectivity index is 2.43. The Morgan fingerprint density at radius 3 is 3.20 bits per heavy atom. The SMILES string of the molecule is N#C/C=C/Cc1ccco1. The van der Waals surface area contributed by atoms with Crippen LogP contribution in [0.2, 0.25) is 0 Å². The third kappa shape index (κ3) is 1.79. The number of nitriles is 1. The molecule has 1 rings (SSSR count). The molecule has 50 valence electrons. The zero-order chi connectivity index (χ0) is 7.23. The molecule has 0 aliphatic rings. The van der Waals surface area contributed by atoms with Gasteiger partial charge in [0.15, 0.2) is 0 Å². The van der Waals surface area contributed by atoms with E-state index in [1.165, 1.54) is 6.08 Å². The first-order chi connectivity index (χ1) is 4.93. The van der Waals surface area contributed by atoms with Gasteiger partial charge in [-0.3, -0.25) is 0 Å². The minimum absolute atomic E-state index is 0.695. The van der Waals surface area contributed by atoms with E-state index in [0.717, 1.165) is 5.76 Å². The highest BCUT2D eigenvalue weighted by atomic mass is 16.3.